The second-order valence-corrected chi connectivity index (χ2v) is 3.97. The molecule has 0 amide bonds. The second kappa shape index (κ2) is 6.44. The molecule has 84 valence electrons. The van der Waals surface area contributed by atoms with Gasteiger partial charge in [0.2, 0.25) is 0 Å². The molecule has 0 atom stereocenters. The van der Waals surface area contributed by atoms with Crippen molar-refractivity contribution < 1.29 is 9.53 Å². The Bertz CT molecular complexity index is 247. The van der Waals surface area contributed by atoms with Crippen LogP contribution in [0.5, 0.6) is 0 Å². The van der Waals surface area contributed by atoms with Crippen LogP contribution in [-0.2, 0) is 9.53 Å². The Balaban J connectivity index is 2.53. The van der Waals surface area contributed by atoms with E-state index in [-0.39, 0.29) is 5.97 Å². The molecule has 1 saturated carbocycles. The monoisotopic (exact) mass is 208 g/mol. The van der Waals surface area contributed by atoms with Gasteiger partial charge in [0, 0.05) is 5.57 Å². The smallest absolute Gasteiger partial charge is 0.334 e. The molecule has 1 rings (SSSR count). The second-order valence-electron chi connectivity index (χ2n) is 3.97. The van der Waals surface area contributed by atoms with E-state index in [0.717, 1.165) is 18.4 Å². The molecule has 0 aromatic rings. The number of carbonyl (C=O) groups is 1. The van der Waals surface area contributed by atoms with Crippen LogP contribution in [0.15, 0.2) is 24.3 Å². The van der Waals surface area contributed by atoms with Crippen molar-refractivity contribution >= 4 is 5.97 Å². The number of allylic oxidation sites excluding steroid dienone is 1. The summed E-state index contributed by atoms with van der Waals surface area (Å²) in [7, 11) is 0. The van der Waals surface area contributed by atoms with Crippen LogP contribution in [0, 0.1) is 5.92 Å². The van der Waals surface area contributed by atoms with Crippen molar-refractivity contribution in [1.29, 1.82) is 0 Å². The van der Waals surface area contributed by atoms with E-state index < -0.39 is 0 Å². The summed E-state index contributed by atoms with van der Waals surface area (Å²) in [6, 6.07) is 0. The SMILES string of the molecule is C=CCOC(=O)C(=CC)C1CCCCC1. The largest absolute Gasteiger partial charge is 0.458 e. The average Bonchev–Trinajstić information content (AvgIpc) is 2.29. The summed E-state index contributed by atoms with van der Waals surface area (Å²) in [4.78, 5) is 11.7. The van der Waals surface area contributed by atoms with Crippen molar-refractivity contribution in [3.05, 3.63) is 24.3 Å². The molecular formula is C13H20O2. The summed E-state index contributed by atoms with van der Waals surface area (Å²) in [5.41, 5.74) is 0.858. The highest BCUT2D eigenvalue weighted by Gasteiger charge is 2.22. The van der Waals surface area contributed by atoms with Gasteiger partial charge in [-0.1, -0.05) is 38.0 Å². The van der Waals surface area contributed by atoms with Gasteiger partial charge in [-0.15, -0.1) is 0 Å². The molecule has 0 aromatic carbocycles. The average molecular weight is 208 g/mol. The Hall–Kier alpha value is -1.05. The minimum atomic E-state index is -0.163. The molecule has 0 saturated heterocycles. The summed E-state index contributed by atoms with van der Waals surface area (Å²) in [6.07, 6.45) is 9.53. The van der Waals surface area contributed by atoms with Crippen LogP contribution in [0.2, 0.25) is 0 Å². The van der Waals surface area contributed by atoms with Gasteiger partial charge in [-0.05, 0) is 25.7 Å². The van der Waals surface area contributed by atoms with Crippen molar-refractivity contribution in [1.82, 2.24) is 0 Å². The normalized spacial score (nSPS) is 18.6. The molecule has 2 nitrogen and oxygen atoms in total. The van der Waals surface area contributed by atoms with E-state index in [9.17, 15) is 4.79 Å². The molecule has 0 N–H and O–H groups in total. The maximum atomic E-state index is 11.7. The van der Waals surface area contributed by atoms with Gasteiger partial charge in [0.15, 0.2) is 0 Å². The van der Waals surface area contributed by atoms with E-state index in [1.165, 1.54) is 19.3 Å². The maximum Gasteiger partial charge on any atom is 0.334 e. The molecule has 0 aromatic heterocycles. The molecule has 0 aliphatic heterocycles. The zero-order valence-corrected chi connectivity index (χ0v) is 9.50. The first-order valence-corrected chi connectivity index (χ1v) is 5.73. The molecule has 0 spiro atoms. The van der Waals surface area contributed by atoms with E-state index in [4.69, 9.17) is 4.74 Å². The van der Waals surface area contributed by atoms with Crippen molar-refractivity contribution in [3.8, 4) is 0 Å². The van der Waals surface area contributed by atoms with E-state index in [2.05, 4.69) is 6.58 Å². The number of hydrogen-bond acceptors (Lipinski definition) is 2. The zero-order valence-electron chi connectivity index (χ0n) is 9.50. The first kappa shape index (κ1) is 12.0. The van der Waals surface area contributed by atoms with Crippen LogP contribution in [0.4, 0.5) is 0 Å². The van der Waals surface area contributed by atoms with E-state index in [0.29, 0.717) is 12.5 Å². The van der Waals surface area contributed by atoms with Crippen LogP contribution in [0.25, 0.3) is 0 Å². The predicted molar refractivity (Wildman–Crippen MR) is 61.5 cm³/mol. The van der Waals surface area contributed by atoms with Crippen molar-refractivity contribution in [3.63, 3.8) is 0 Å². The molecule has 2 heteroatoms. The van der Waals surface area contributed by atoms with Crippen LogP contribution < -0.4 is 0 Å². The number of hydrogen-bond donors (Lipinski definition) is 0. The van der Waals surface area contributed by atoms with Crippen LogP contribution in [0.1, 0.15) is 39.0 Å². The van der Waals surface area contributed by atoms with Crippen molar-refractivity contribution in [2.45, 2.75) is 39.0 Å². The van der Waals surface area contributed by atoms with Crippen LogP contribution in [-0.4, -0.2) is 12.6 Å². The van der Waals surface area contributed by atoms with Gasteiger partial charge in [-0.25, -0.2) is 4.79 Å². The summed E-state index contributed by atoms with van der Waals surface area (Å²) < 4.78 is 5.07. The molecule has 1 fully saturated rings. The molecular weight excluding hydrogens is 188 g/mol. The highest BCUT2D eigenvalue weighted by atomic mass is 16.5. The highest BCUT2D eigenvalue weighted by molar-refractivity contribution is 5.89. The third-order valence-corrected chi connectivity index (χ3v) is 2.92. The van der Waals surface area contributed by atoms with Crippen molar-refractivity contribution in [2.24, 2.45) is 5.92 Å². The fraction of sp³-hybridized carbons (Fsp3) is 0.615. The minimum absolute atomic E-state index is 0.163. The summed E-state index contributed by atoms with van der Waals surface area (Å²) in [5, 5.41) is 0. The van der Waals surface area contributed by atoms with Crippen LogP contribution in [0.3, 0.4) is 0 Å². The van der Waals surface area contributed by atoms with Gasteiger partial charge in [-0.3, -0.25) is 0 Å². The third-order valence-electron chi connectivity index (χ3n) is 2.92. The lowest BCUT2D eigenvalue weighted by Crippen LogP contribution is -2.18. The third kappa shape index (κ3) is 3.54. The molecule has 1 aliphatic rings. The Labute approximate surface area is 92.0 Å². The van der Waals surface area contributed by atoms with Crippen molar-refractivity contribution in [2.75, 3.05) is 6.61 Å². The van der Waals surface area contributed by atoms with Gasteiger partial charge in [0.05, 0.1) is 0 Å². The molecule has 0 radical (unpaired) electrons. The molecule has 0 unspecified atom stereocenters. The fourth-order valence-electron chi connectivity index (χ4n) is 2.15. The number of esters is 1. The summed E-state index contributed by atoms with van der Waals surface area (Å²) in [6.45, 7) is 5.76. The van der Waals surface area contributed by atoms with E-state index in [1.807, 2.05) is 13.0 Å². The topological polar surface area (TPSA) is 26.3 Å². The first-order valence-electron chi connectivity index (χ1n) is 5.73. The van der Waals surface area contributed by atoms with E-state index >= 15 is 0 Å². The molecule has 0 bridgehead atoms. The summed E-state index contributed by atoms with van der Waals surface area (Å²) >= 11 is 0. The minimum Gasteiger partial charge on any atom is -0.458 e. The lowest BCUT2D eigenvalue weighted by Gasteiger charge is -2.23. The standard InChI is InChI=1S/C13H20O2/c1-3-10-15-13(14)12(4-2)11-8-6-5-7-9-11/h3-4,11H,1,5-10H2,2H3. The van der Waals surface area contributed by atoms with E-state index in [1.54, 1.807) is 6.08 Å². The number of rotatable bonds is 4. The molecule has 1 aliphatic carbocycles. The van der Waals surface area contributed by atoms with Gasteiger partial charge in [0.1, 0.15) is 6.61 Å². The fourth-order valence-corrected chi connectivity index (χ4v) is 2.15. The Morgan fingerprint density at radius 2 is 2.07 bits per heavy atom. The van der Waals surface area contributed by atoms with Crippen LogP contribution >= 0.6 is 0 Å². The highest BCUT2D eigenvalue weighted by Crippen LogP contribution is 2.30. The summed E-state index contributed by atoms with van der Waals surface area (Å²) in [5.74, 6) is 0.255. The molecule has 0 heterocycles. The Kier molecular flexibility index (Phi) is 5.16. The van der Waals surface area contributed by atoms with Gasteiger partial charge < -0.3 is 4.74 Å². The quantitative estimate of drug-likeness (QED) is 0.403. The zero-order chi connectivity index (χ0) is 11.1. The predicted octanol–water partition coefficient (Wildman–Crippen LogP) is 3.24. The number of carbonyl (C=O) groups excluding carboxylic acids is 1. The first-order chi connectivity index (χ1) is 7.29. The Morgan fingerprint density at radius 3 is 2.60 bits per heavy atom. The van der Waals surface area contributed by atoms with Gasteiger partial charge in [-0.2, -0.15) is 0 Å². The lowest BCUT2D eigenvalue weighted by atomic mass is 9.83. The van der Waals surface area contributed by atoms with Gasteiger partial charge >= 0.3 is 5.97 Å². The number of ether oxygens (including phenoxy) is 1. The van der Waals surface area contributed by atoms with Gasteiger partial charge in [0.25, 0.3) is 0 Å². The molecule has 15 heavy (non-hydrogen) atoms. The lowest BCUT2D eigenvalue weighted by molar-refractivity contribution is -0.138. The maximum absolute atomic E-state index is 11.7. The Morgan fingerprint density at radius 1 is 1.40 bits per heavy atom.